The van der Waals surface area contributed by atoms with Crippen LogP contribution in [0.3, 0.4) is 0 Å². The van der Waals surface area contributed by atoms with Gasteiger partial charge >= 0.3 is 66.5 Å². The Balaban J connectivity index is 0. The molecule has 0 fully saturated rings. The molecule has 0 aromatic carbocycles. The van der Waals surface area contributed by atoms with E-state index in [-0.39, 0.29) is 51.4 Å². The van der Waals surface area contributed by atoms with Gasteiger partial charge in [-0.25, -0.2) is 4.57 Å². The zero-order chi connectivity index (χ0) is 6.78. The molecule has 0 heterocycles. The molecule has 0 aliphatic carbocycles. The van der Waals surface area contributed by atoms with E-state index in [0.29, 0.717) is 0 Å². The van der Waals surface area contributed by atoms with Crippen LogP contribution in [-0.4, -0.2) is 78.5 Å². The minimum atomic E-state index is -4.72. The van der Waals surface area contributed by atoms with Crippen molar-refractivity contribution in [1.82, 2.24) is 0 Å². The van der Waals surface area contributed by atoms with Gasteiger partial charge in [0, 0.05) is 0 Å². The molecule has 0 saturated heterocycles. The summed E-state index contributed by atoms with van der Waals surface area (Å²) in [7, 11) is -7.14. The third-order valence-electron chi connectivity index (χ3n) is 0.232. The average Bonchev–Trinajstić information content (AvgIpc) is 1.21. The fourth-order valence-electron chi connectivity index (χ4n) is 0.123. The van der Waals surface area contributed by atoms with Gasteiger partial charge in [-0.15, -0.1) is 0 Å². The first-order chi connectivity index (χ1) is 3.42. The van der Waals surface area contributed by atoms with E-state index in [1.165, 1.54) is 0 Å². The minimum absolute atomic E-state index is 0. The van der Waals surface area contributed by atoms with Crippen molar-refractivity contribution in [3.05, 3.63) is 0 Å². The maximum absolute atomic E-state index is 9.59. The van der Waals surface area contributed by atoms with Gasteiger partial charge in [-0.05, 0) is 0 Å². The summed E-state index contributed by atoms with van der Waals surface area (Å²) in [4.78, 5) is 15.5. The fraction of sp³-hybridized carbons (Fsp3) is 0. The molecule has 9 heavy (non-hydrogen) atoms. The van der Waals surface area contributed by atoms with Crippen molar-refractivity contribution < 1.29 is 28.8 Å². The van der Waals surface area contributed by atoms with Crippen LogP contribution in [0.2, 0.25) is 0 Å². The van der Waals surface area contributed by atoms with Crippen LogP contribution in [-0.2, 0) is 9.01 Å². The Hall–Kier alpha value is 1.73. The Kier molecular flexibility index (Phi) is 7.98. The molecule has 0 aliphatic heterocycles. The van der Waals surface area contributed by atoms with Crippen LogP contribution in [0.15, 0.2) is 0 Å². The molecule has 0 atom stereocenters. The normalized spacial score (nSPS) is 10.2. The van der Waals surface area contributed by atoms with Gasteiger partial charge in [-0.3, -0.25) is 4.44 Å². The predicted molar refractivity (Wildman–Crippen MR) is 30.5 cm³/mol. The van der Waals surface area contributed by atoms with Crippen molar-refractivity contribution in [2.45, 2.75) is 0 Å². The van der Waals surface area contributed by atoms with Gasteiger partial charge in [0.1, 0.15) is 0 Å². The molecule has 9 heteroatoms. The van der Waals surface area contributed by atoms with Crippen LogP contribution in [0.1, 0.15) is 0 Å². The molecular formula is H5BKO6P. The molecule has 6 nitrogen and oxygen atoms in total. The molecule has 0 rings (SSSR count). The van der Waals surface area contributed by atoms with Crippen LogP contribution in [0.4, 0.5) is 0 Å². The van der Waals surface area contributed by atoms with Gasteiger partial charge in [-0.2, -0.15) is 0 Å². The Labute approximate surface area is 94.1 Å². The van der Waals surface area contributed by atoms with Crippen molar-refractivity contribution >= 4 is 66.5 Å². The Morgan fingerprint density at radius 2 is 1.67 bits per heavy atom. The average molecular weight is 182 g/mol. The van der Waals surface area contributed by atoms with Crippen molar-refractivity contribution in [2.75, 3.05) is 0 Å². The first kappa shape index (κ1) is 13.3. The summed E-state index contributed by atoms with van der Waals surface area (Å²) >= 11 is 0. The van der Waals surface area contributed by atoms with Gasteiger partial charge in [-0.1, -0.05) is 0 Å². The number of rotatable bonds is 2. The van der Waals surface area contributed by atoms with Crippen LogP contribution in [0.5, 0.6) is 0 Å². The second kappa shape index (κ2) is 5.39. The molecule has 0 radical (unpaired) electrons. The quantitative estimate of drug-likeness (QED) is 0.276. The fourth-order valence-corrected chi connectivity index (χ4v) is 0.368. The van der Waals surface area contributed by atoms with Gasteiger partial charge < -0.3 is 19.8 Å². The zero-order valence-electron chi connectivity index (χ0n) is 3.63. The van der Waals surface area contributed by atoms with Crippen LogP contribution in [0, 0.1) is 0 Å². The van der Waals surface area contributed by atoms with Crippen molar-refractivity contribution in [1.29, 1.82) is 0 Å². The molecule has 0 unspecified atom stereocenters. The van der Waals surface area contributed by atoms with Crippen molar-refractivity contribution in [3.63, 3.8) is 0 Å². The SMILES string of the molecule is O=P(O)(O)OB(O)O.[KH]. The molecule has 0 aromatic heterocycles. The van der Waals surface area contributed by atoms with Crippen molar-refractivity contribution in [2.24, 2.45) is 0 Å². The maximum atomic E-state index is 9.59. The summed E-state index contributed by atoms with van der Waals surface area (Å²) < 4.78 is 12.8. The number of hydrogen-bond acceptors (Lipinski definition) is 4. The second-order valence-corrected chi connectivity index (χ2v) is 2.11. The number of hydrogen-bond donors (Lipinski definition) is 4. The van der Waals surface area contributed by atoms with Gasteiger partial charge in [0.15, 0.2) is 0 Å². The van der Waals surface area contributed by atoms with Crippen LogP contribution < -0.4 is 0 Å². The Morgan fingerprint density at radius 3 is 1.67 bits per heavy atom. The van der Waals surface area contributed by atoms with Crippen molar-refractivity contribution in [3.8, 4) is 0 Å². The van der Waals surface area contributed by atoms with Gasteiger partial charge in [0.25, 0.3) is 0 Å². The third kappa shape index (κ3) is 12.8. The van der Waals surface area contributed by atoms with E-state index in [1.54, 1.807) is 0 Å². The van der Waals surface area contributed by atoms with E-state index in [0.717, 1.165) is 0 Å². The monoisotopic (exact) mass is 182 g/mol. The van der Waals surface area contributed by atoms with E-state index in [4.69, 9.17) is 19.8 Å². The third-order valence-corrected chi connectivity index (χ3v) is 0.695. The molecule has 0 aliphatic rings. The molecule has 0 spiro atoms. The van der Waals surface area contributed by atoms with E-state index in [9.17, 15) is 4.57 Å². The van der Waals surface area contributed by atoms with E-state index >= 15 is 0 Å². The summed E-state index contributed by atoms with van der Waals surface area (Å²) in [5.41, 5.74) is 0. The van der Waals surface area contributed by atoms with E-state index in [2.05, 4.69) is 4.44 Å². The van der Waals surface area contributed by atoms with E-state index < -0.39 is 15.1 Å². The number of phosphoric acid groups is 1. The summed E-state index contributed by atoms with van der Waals surface area (Å²) in [6.45, 7) is 0. The molecule has 0 bridgehead atoms. The summed E-state index contributed by atoms with van der Waals surface area (Å²) in [5, 5.41) is 15.5. The molecular weight excluding hydrogens is 177 g/mol. The predicted octanol–water partition coefficient (Wildman–Crippen LogP) is -2.58. The molecule has 0 aromatic rings. The second-order valence-electron chi connectivity index (χ2n) is 0.922. The molecule has 50 valence electrons. The zero-order valence-corrected chi connectivity index (χ0v) is 4.52. The standard InChI is InChI=1S/BH4O6P.K.H/c2-1(3)7-8(4,5)6;;/h2-3H,(H2,4,5,6);;. The Morgan fingerprint density at radius 1 is 1.33 bits per heavy atom. The first-order valence-corrected chi connectivity index (χ1v) is 3.05. The van der Waals surface area contributed by atoms with Gasteiger partial charge in [0.2, 0.25) is 0 Å². The Bertz CT molecular complexity index is 106. The van der Waals surface area contributed by atoms with Crippen LogP contribution in [0.25, 0.3) is 0 Å². The molecule has 4 N–H and O–H groups in total. The first-order valence-electron chi connectivity index (χ1n) is 1.52. The van der Waals surface area contributed by atoms with E-state index in [1.807, 2.05) is 0 Å². The van der Waals surface area contributed by atoms with Crippen LogP contribution >= 0.6 is 7.82 Å². The van der Waals surface area contributed by atoms with Gasteiger partial charge in [0.05, 0.1) is 0 Å². The summed E-state index contributed by atoms with van der Waals surface area (Å²) in [5.74, 6) is 0. The topological polar surface area (TPSA) is 107 Å². The summed E-state index contributed by atoms with van der Waals surface area (Å²) in [6, 6.07) is 0. The molecule has 0 saturated carbocycles. The summed E-state index contributed by atoms with van der Waals surface area (Å²) in [6.07, 6.45) is 0. The molecule has 0 amide bonds.